The van der Waals surface area contributed by atoms with Gasteiger partial charge >= 0.3 is 0 Å². The average Bonchev–Trinajstić information content (AvgIpc) is 2.89. The Morgan fingerprint density at radius 1 is 0.952 bits per heavy atom. The lowest BCUT2D eigenvalue weighted by Gasteiger charge is -2.10. The fraction of sp³-hybridized carbons (Fsp3) is 0.222. The van der Waals surface area contributed by atoms with Gasteiger partial charge in [-0.3, -0.25) is 0 Å². The van der Waals surface area contributed by atoms with E-state index >= 15 is 0 Å². The second-order valence-electron chi connectivity index (χ2n) is 5.24. The topological polar surface area (TPSA) is 30.7 Å². The molecule has 0 saturated heterocycles. The fourth-order valence-electron chi connectivity index (χ4n) is 2.74. The van der Waals surface area contributed by atoms with Gasteiger partial charge in [0.1, 0.15) is 5.69 Å². The summed E-state index contributed by atoms with van der Waals surface area (Å²) >= 11 is 0. The van der Waals surface area contributed by atoms with Crippen molar-refractivity contribution in [3.05, 3.63) is 59.7 Å². The van der Waals surface area contributed by atoms with E-state index in [1.54, 1.807) is 0 Å². The molecule has 0 N–H and O–H groups in total. The van der Waals surface area contributed by atoms with Gasteiger partial charge in [0.15, 0.2) is 0 Å². The number of aryl methyl sites for hydroxylation is 3. The number of rotatable bonds is 3. The van der Waals surface area contributed by atoms with Gasteiger partial charge in [0.2, 0.25) is 0 Å². The van der Waals surface area contributed by atoms with E-state index in [1.165, 1.54) is 22.3 Å². The normalized spacial score (nSPS) is 10.8. The summed E-state index contributed by atoms with van der Waals surface area (Å²) in [5.74, 6) is 0. The number of hydrogen-bond acceptors (Lipinski definition) is 2. The van der Waals surface area contributed by atoms with Gasteiger partial charge in [-0.25, -0.2) is 4.68 Å². The van der Waals surface area contributed by atoms with Crippen molar-refractivity contribution in [3.8, 4) is 22.5 Å². The first-order valence-corrected chi connectivity index (χ1v) is 7.26. The van der Waals surface area contributed by atoms with Gasteiger partial charge in [-0.2, -0.15) is 0 Å². The minimum Gasteiger partial charge on any atom is -0.247 e. The summed E-state index contributed by atoms with van der Waals surface area (Å²) in [5.41, 5.74) is 6.93. The number of aromatic nitrogens is 3. The molecular weight excluding hydrogens is 258 g/mol. The Kier molecular flexibility index (Phi) is 3.57. The first-order valence-electron chi connectivity index (χ1n) is 7.26. The van der Waals surface area contributed by atoms with Crippen LogP contribution in [0.4, 0.5) is 0 Å². The molecule has 0 unspecified atom stereocenters. The van der Waals surface area contributed by atoms with Gasteiger partial charge in [-0.05, 0) is 24.5 Å². The second kappa shape index (κ2) is 5.52. The van der Waals surface area contributed by atoms with Crippen LogP contribution in [0.5, 0.6) is 0 Å². The van der Waals surface area contributed by atoms with Crippen LogP contribution in [0.15, 0.2) is 48.5 Å². The minimum atomic E-state index is 0.962. The fourth-order valence-corrected chi connectivity index (χ4v) is 2.74. The molecule has 106 valence electrons. The summed E-state index contributed by atoms with van der Waals surface area (Å²) in [6, 6.07) is 16.8. The summed E-state index contributed by atoms with van der Waals surface area (Å²) in [5, 5.41) is 8.68. The maximum atomic E-state index is 4.43. The average molecular weight is 277 g/mol. The van der Waals surface area contributed by atoms with Gasteiger partial charge in [0.05, 0.1) is 5.69 Å². The first kappa shape index (κ1) is 13.6. The van der Waals surface area contributed by atoms with Crippen LogP contribution in [0.3, 0.4) is 0 Å². The lowest BCUT2D eigenvalue weighted by molar-refractivity contribution is 0.720. The maximum Gasteiger partial charge on any atom is 0.121 e. The van der Waals surface area contributed by atoms with E-state index in [2.05, 4.69) is 72.7 Å². The van der Waals surface area contributed by atoms with Crippen LogP contribution in [0.2, 0.25) is 0 Å². The largest absolute Gasteiger partial charge is 0.247 e. The third kappa shape index (κ3) is 2.35. The van der Waals surface area contributed by atoms with Gasteiger partial charge < -0.3 is 0 Å². The Balaban J connectivity index is 2.25. The van der Waals surface area contributed by atoms with E-state index in [0.29, 0.717) is 0 Å². The number of hydrogen-bond donors (Lipinski definition) is 0. The van der Waals surface area contributed by atoms with Gasteiger partial charge in [-0.1, -0.05) is 60.7 Å². The van der Waals surface area contributed by atoms with Crippen molar-refractivity contribution in [1.29, 1.82) is 0 Å². The lowest BCUT2D eigenvalue weighted by Crippen LogP contribution is -1.97. The highest BCUT2D eigenvalue weighted by Gasteiger charge is 2.17. The van der Waals surface area contributed by atoms with Gasteiger partial charge in [-0.15, -0.1) is 5.10 Å². The van der Waals surface area contributed by atoms with Gasteiger partial charge in [0.25, 0.3) is 0 Å². The second-order valence-corrected chi connectivity index (χ2v) is 5.24. The summed E-state index contributed by atoms with van der Waals surface area (Å²) in [4.78, 5) is 0. The van der Waals surface area contributed by atoms with E-state index < -0.39 is 0 Å². The van der Waals surface area contributed by atoms with E-state index in [-0.39, 0.29) is 0 Å². The van der Waals surface area contributed by atoms with Crippen molar-refractivity contribution in [2.75, 3.05) is 0 Å². The third-order valence-electron chi connectivity index (χ3n) is 3.88. The molecule has 0 aliphatic rings. The molecule has 0 spiro atoms. The first-order chi connectivity index (χ1) is 10.2. The van der Waals surface area contributed by atoms with Crippen molar-refractivity contribution < 1.29 is 0 Å². The zero-order chi connectivity index (χ0) is 14.8. The van der Waals surface area contributed by atoms with E-state index in [9.17, 15) is 0 Å². The molecule has 0 aliphatic carbocycles. The van der Waals surface area contributed by atoms with Crippen LogP contribution in [0.1, 0.15) is 18.1 Å². The molecule has 3 rings (SSSR count). The Labute approximate surface area is 125 Å². The summed E-state index contributed by atoms with van der Waals surface area (Å²) in [6.45, 7) is 4.29. The zero-order valence-corrected chi connectivity index (χ0v) is 12.7. The molecule has 0 atom stereocenters. The molecular formula is C18H19N3. The van der Waals surface area contributed by atoms with E-state index in [4.69, 9.17) is 0 Å². The molecule has 3 aromatic rings. The predicted molar refractivity (Wildman–Crippen MR) is 86.0 cm³/mol. The van der Waals surface area contributed by atoms with Crippen molar-refractivity contribution in [3.63, 3.8) is 0 Å². The molecule has 0 aliphatic heterocycles. The SMILES string of the molecule is CCc1ccccc1-c1nnn(C)c1-c1ccccc1C. The molecule has 1 heterocycles. The molecule has 2 aromatic carbocycles. The van der Waals surface area contributed by atoms with Crippen molar-refractivity contribution >= 4 is 0 Å². The van der Waals surface area contributed by atoms with Crippen molar-refractivity contribution in [1.82, 2.24) is 15.0 Å². The summed E-state index contributed by atoms with van der Waals surface area (Å²) in [7, 11) is 1.95. The zero-order valence-electron chi connectivity index (χ0n) is 12.7. The molecule has 3 heteroatoms. The lowest BCUT2D eigenvalue weighted by atomic mass is 9.97. The number of nitrogens with zero attached hydrogens (tertiary/aromatic N) is 3. The third-order valence-corrected chi connectivity index (χ3v) is 3.88. The van der Waals surface area contributed by atoms with Crippen LogP contribution in [-0.2, 0) is 13.5 Å². The quantitative estimate of drug-likeness (QED) is 0.724. The minimum absolute atomic E-state index is 0.962. The molecule has 1 aromatic heterocycles. The van der Waals surface area contributed by atoms with Crippen LogP contribution in [0.25, 0.3) is 22.5 Å². The smallest absolute Gasteiger partial charge is 0.121 e. The highest BCUT2D eigenvalue weighted by atomic mass is 15.4. The van der Waals surface area contributed by atoms with Crippen molar-refractivity contribution in [2.45, 2.75) is 20.3 Å². The molecule has 0 saturated carbocycles. The summed E-state index contributed by atoms with van der Waals surface area (Å²) in [6.07, 6.45) is 0.986. The maximum absolute atomic E-state index is 4.43. The molecule has 0 bridgehead atoms. The van der Waals surface area contributed by atoms with Crippen LogP contribution >= 0.6 is 0 Å². The van der Waals surface area contributed by atoms with Crippen LogP contribution in [-0.4, -0.2) is 15.0 Å². The molecule has 0 radical (unpaired) electrons. The predicted octanol–water partition coefficient (Wildman–Crippen LogP) is 4.02. The van der Waals surface area contributed by atoms with Crippen LogP contribution < -0.4 is 0 Å². The molecule has 0 amide bonds. The van der Waals surface area contributed by atoms with Crippen LogP contribution in [0, 0.1) is 6.92 Å². The van der Waals surface area contributed by atoms with Gasteiger partial charge in [0, 0.05) is 18.2 Å². The van der Waals surface area contributed by atoms with Crippen molar-refractivity contribution in [2.24, 2.45) is 7.05 Å². The van der Waals surface area contributed by atoms with E-state index in [0.717, 1.165) is 17.8 Å². The summed E-state index contributed by atoms with van der Waals surface area (Å²) < 4.78 is 1.87. The monoisotopic (exact) mass is 277 g/mol. The highest BCUT2D eigenvalue weighted by Crippen LogP contribution is 2.33. The Bertz CT molecular complexity index is 772. The number of benzene rings is 2. The highest BCUT2D eigenvalue weighted by molar-refractivity contribution is 5.81. The Morgan fingerprint density at radius 3 is 2.33 bits per heavy atom. The Hall–Kier alpha value is -2.42. The molecule has 0 fully saturated rings. The molecule has 21 heavy (non-hydrogen) atoms. The Morgan fingerprint density at radius 2 is 1.62 bits per heavy atom. The van der Waals surface area contributed by atoms with E-state index in [1.807, 2.05) is 11.7 Å². The molecule has 3 nitrogen and oxygen atoms in total. The standard InChI is InChI=1S/C18H19N3/c1-4-14-10-6-8-12-16(14)17-18(21(3)20-19-17)15-11-7-5-9-13(15)2/h5-12H,4H2,1-3H3.